The molecule has 1 fully saturated rings. The van der Waals surface area contributed by atoms with Crippen molar-refractivity contribution in [2.45, 2.75) is 6.42 Å². The number of amides is 3. The average Bonchev–Trinajstić information content (AvgIpc) is 3.09. The molecular weight excluding hydrogens is 316 g/mol. The standard InChI is InChI=1S/C15H22N4O3S/c1-16-13(20)10-18-5-7-19(8-6-18)14(21)2-4-17-15(22)12-3-9-23-11-12/h3,9,11H,2,4-8,10H2,1H3,(H,16,20)(H,17,22). The molecule has 0 aliphatic carbocycles. The van der Waals surface area contributed by atoms with E-state index in [1.54, 1.807) is 23.4 Å². The lowest BCUT2D eigenvalue weighted by atomic mass is 10.2. The molecule has 0 bridgehead atoms. The zero-order chi connectivity index (χ0) is 16.7. The van der Waals surface area contributed by atoms with Crippen LogP contribution in [0.1, 0.15) is 16.8 Å². The Morgan fingerprint density at radius 2 is 1.96 bits per heavy atom. The summed E-state index contributed by atoms with van der Waals surface area (Å²) >= 11 is 1.47. The minimum Gasteiger partial charge on any atom is -0.358 e. The first-order chi connectivity index (χ1) is 11.1. The lowest BCUT2D eigenvalue weighted by Crippen LogP contribution is -2.51. The fourth-order valence-corrected chi connectivity index (χ4v) is 3.01. The quantitative estimate of drug-likeness (QED) is 0.750. The summed E-state index contributed by atoms with van der Waals surface area (Å²) in [7, 11) is 1.62. The highest BCUT2D eigenvalue weighted by molar-refractivity contribution is 7.08. The van der Waals surface area contributed by atoms with Crippen LogP contribution in [0.5, 0.6) is 0 Å². The molecule has 0 spiro atoms. The number of hydrogen-bond acceptors (Lipinski definition) is 5. The second-order valence-electron chi connectivity index (χ2n) is 5.35. The first kappa shape index (κ1) is 17.4. The summed E-state index contributed by atoms with van der Waals surface area (Å²) in [6.45, 7) is 3.34. The smallest absolute Gasteiger partial charge is 0.252 e. The van der Waals surface area contributed by atoms with Gasteiger partial charge in [0.15, 0.2) is 0 Å². The van der Waals surface area contributed by atoms with Gasteiger partial charge in [0, 0.05) is 57.1 Å². The summed E-state index contributed by atoms with van der Waals surface area (Å²) in [5.74, 6) is -0.120. The maximum Gasteiger partial charge on any atom is 0.252 e. The molecule has 0 radical (unpaired) electrons. The van der Waals surface area contributed by atoms with E-state index in [-0.39, 0.29) is 17.7 Å². The average molecular weight is 338 g/mol. The number of hydrogen-bond donors (Lipinski definition) is 2. The molecule has 1 aromatic rings. The van der Waals surface area contributed by atoms with Gasteiger partial charge in [0.2, 0.25) is 11.8 Å². The Labute approximate surface area is 139 Å². The summed E-state index contributed by atoms with van der Waals surface area (Å²) in [4.78, 5) is 39.0. The van der Waals surface area contributed by atoms with E-state index in [0.717, 1.165) is 0 Å². The van der Waals surface area contributed by atoms with E-state index in [1.807, 2.05) is 10.3 Å². The topological polar surface area (TPSA) is 81.8 Å². The molecule has 1 saturated heterocycles. The van der Waals surface area contributed by atoms with Crippen LogP contribution < -0.4 is 10.6 Å². The first-order valence-corrected chi connectivity index (χ1v) is 8.55. The van der Waals surface area contributed by atoms with Gasteiger partial charge in [0.1, 0.15) is 0 Å². The lowest BCUT2D eigenvalue weighted by Gasteiger charge is -2.34. The molecule has 0 aromatic carbocycles. The third-order valence-electron chi connectivity index (χ3n) is 3.78. The minimum atomic E-state index is -0.144. The Kier molecular flexibility index (Phi) is 6.54. The van der Waals surface area contributed by atoms with E-state index in [2.05, 4.69) is 10.6 Å². The number of piperazine rings is 1. The molecule has 126 valence electrons. The summed E-state index contributed by atoms with van der Waals surface area (Å²) in [6, 6.07) is 1.76. The Morgan fingerprint density at radius 3 is 2.57 bits per heavy atom. The van der Waals surface area contributed by atoms with E-state index in [1.165, 1.54) is 11.3 Å². The van der Waals surface area contributed by atoms with Crippen molar-refractivity contribution in [3.8, 4) is 0 Å². The van der Waals surface area contributed by atoms with Gasteiger partial charge in [-0.25, -0.2) is 0 Å². The van der Waals surface area contributed by atoms with Crippen LogP contribution in [0.2, 0.25) is 0 Å². The van der Waals surface area contributed by atoms with Crippen molar-refractivity contribution in [3.05, 3.63) is 22.4 Å². The fourth-order valence-electron chi connectivity index (χ4n) is 2.37. The Hall–Kier alpha value is -1.93. The molecule has 8 heteroatoms. The molecule has 0 saturated carbocycles. The molecule has 2 rings (SSSR count). The van der Waals surface area contributed by atoms with Gasteiger partial charge in [0.25, 0.3) is 5.91 Å². The highest BCUT2D eigenvalue weighted by Gasteiger charge is 2.21. The van der Waals surface area contributed by atoms with Crippen LogP contribution in [0.25, 0.3) is 0 Å². The number of carbonyl (C=O) groups is 3. The molecular formula is C15H22N4O3S. The normalized spacial score (nSPS) is 15.3. The first-order valence-electron chi connectivity index (χ1n) is 7.61. The largest absolute Gasteiger partial charge is 0.358 e. The summed E-state index contributed by atoms with van der Waals surface area (Å²) in [5, 5.41) is 8.98. The second-order valence-corrected chi connectivity index (χ2v) is 6.13. The van der Waals surface area contributed by atoms with Crippen molar-refractivity contribution >= 4 is 29.1 Å². The molecule has 0 atom stereocenters. The zero-order valence-electron chi connectivity index (χ0n) is 13.2. The van der Waals surface area contributed by atoms with Crippen molar-refractivity contribution in [1.82, 2.24) is 20.4 Å². The molecule has 2 heterocycles. The second kappa shape index (κ2) is 8.64. The SMILES string of the molecule is CNC(=O)CN1CCN(C(=O)CCNC(=O)c2ccsc2)CC1. The predicted molar refractivity (Wildman–Crippen MR) is 88.4 cm³/mol. The van der Waals surface area contributed by atoms with E-state index in [4.69, 9.17) is 0 Å². The summed E-state index contributed by atoms with van der Waals surface area (Å²) < 4.78 is 0. The van der Waals surface area contributed by atoms with Crippen LogP contribution in [0.15, 0.2) is 16.8 Å². The van der Waals surface area contributed by atoms with Crippen molar-refractivity contribution in [2.75, 3.05) is 46.3 Å². The van der Waals surface area contributed by atoms with Crippen molar-refractivity contribution in [2.24, 2.45) is 0 Å². The summed E-state index contributed by atoms with van der Waals surface area (Å²) in [5.41, 5.74) is 0.630. The Bertz CT molecular complexity index is 539. The molecule has 7 nitrogen and oxygen atoms in total. The zero-order valence-corrected chi connectivity index (χ0v) is 14.0. The molecule has 2 N–H and O–H groups in total. The van der Waals surface area contributed by atoms with Crippen molar-refractivity contribution in [1.29, 1.82) is 0 Å². The highest BCUT2D eigenvalue weighted by Crippen LogP contribution is 2.06. The number of carbonyl (C=O) groups excluding carboxylic acids is 3. The number of likely N-dealkylation sites (N-methyl/N-ethyl adjacent to an activating group) is 1. The van der Waals surface area contributed by atoms with Crippen LogP contribution in [0.4, 0.5) is 0 Å². The van der Waals surface area contributed by atoms with E-state index < -0.39 is 0 Å². The van der Waals surface area contributed by atoms with Gasteiger partial charge in [-0.15, -0.1) is 0 Å². The maximum absolute atomic E-state index is 12.1. The predicted octanol–water partition coefficient (Wildman–Crippen LogP) is -0.242. The van der Waals surface area contributed by atoms with Gasteiger partial charge in [0.05, 0.1) is 6.54 Å². The van der Waals surface area contributed by atoms with Gasteiger partial charge < -0.3 is 15.5 Å². The Morgan fingerprint density at radius 1 is 1.22 bits per heavy atom. The van der Waals surface area contributed by atoms with E-state index >= 15 is 0 Å². The van der Waals surface area contributed by atoms with Gasteiger partial charge in [-0.3, -0.25) is 19.3 Å². The van der Waals surface area contributed by atoms with E-state index in [9.17, 15) is 14.4 Å². The molecule has 0 unspecified atom stereocenters. The molecule has 1 aliphatic heterocycles. The third-order valence-corrected chi connectivity index (χ3v) is 4.46. The van der Waals surface area contributed by atoms with Gasteiger partial charge in [-0.1, -0.05) is 0 Å². The Balaban J connectivity index is 1.65. The lowest BCUT2D eigenvalue weighted by molar-refractivity contribution is -0.133. The number of thiophene rings is 1. The third kappa shape index (κ3) is 5.33. The molecule has 1 aliphatic rings. The van der Waals surface area contributed by atoms with Gasteiger partial charge in [-0.2, -0.15) is 11.3 Å². The monoisotopic (exact) mass is 338 g/mol. The van der Waals surface area contributed by atoms with Crippen LogP contribution >= 0.6 is 11.3 Å². The highest BCUT2D eigenvalue weighted by atomic mass is 32.1. The summed E-state index contributed by atoms with van der Waals surface area (Å²) in [6.07, 6.45) is 0.297. The van der Waals surface area contributed by atoms with Crippen LogP contribution in [0.3, 0.4) is 0 Å². The molecule has 23 heavy (non-hydrogen) atoms. The van der Waals surface area contributed by atoms with Gasteiger partial charge >= 0.3 is 0 Å². The number of rotatable bonds is 6. The van der Waals surface area contributed by atoms with E-state index in [0.29, 0.717) is 51.3 Å². The van der Waals surface area contributed by atoms with Crippen LogP contribution in [0, 0.1) is 0 Å². The minimum absolute atomic E-state index is 0.0130. The van der Waals surface area contributed by atoms with Crippen molar-refractivity contribution in [3.63, 3.8) is 0 Å². The van der Waals surface area contributed by atoms with Crippen molar-refractivity contribution < 1.29 is 14.4 Å². The van der Waals surface area contributed by atoms with Gasteiger partial charge in [-0.05, 0) is 11.4 Å². The molecule has 1 aromatic heterocycles. The van der Waals surface area contributed by atoms with Crippen LogP contribution in [-0.4, -0.2) is 73.8 Å². The van der Waals surface area contributed by atoms with Crippen LogP contribution in [-0.2, 0) is 9.59 Å². The number of nitrogens with one attached hydrogen (secondary N) is 2. The maximum atomic E-state index is 12.1. The molecule has 3 amide bonds. The fraction of sp³-hybridized carbons (Fsp3) is 0.533. The number of nitrogens with zero attached hydrogens (tertiary/aromatic N) is 2.